The van der Waals surface area contributed by atoms with Crippen molar-refractivity contribution in [3.05, 3.63) is 40.6 Å². The highest BCUT2D eigenvalue weighted by molar-refractivity contribution is 5.74. The van der Waals surface area contributed by atoms with Crippen LogP contribution in [0.5, 0.6) is 11.6 Å². The summed E-state index contributed by atoms with van der Waals surface area (Å²) in [6, 6.07) is 5.17. The average Bonchev–Trinajstić information content (AvgIpc) is 3.36. The van der Waals surface area contributed by atoms with Gasteiger partial charge in [-0.25, -0.2) is 4.79 Å². The van der Waals surface area contributed by atoms with E-state index in [0.29, 0.717) is 31.7 Å². The molecule has 0 unspecified atom stereocenters. The van der Waals surface area contributed by atoms with Gasteiger partial charge < -0.3 is 55.5 Å². The van der Waals surface area contributed by atoms with Gasteiger partial charge >= 0.3 is 6.03 Å². The van der Waals surface area contributed by atoms with Gasteiger partial charge in [-0.1, -0.05) is 19.9 Å². The first-order chi connectivity index (χ1) is 19.9. The van der Waals surface area contributed by atoms with Gasteiger partial charge in [-0.3, -0.25) is 5.10 Å². The summed E-state index contributed by atoms with van der Waals surface area (Å²) < 4.78 is 17.2. The summed E-state index contributed by atoms with van der Waals surface area (Å²) in [7, 11) is 0. The van der Waals surface area contributed by atoms with Gasteiger partial charge in [0, 0.05) is 24.2 Å². The van der Waals surface area contributed by atoms with Crippen molar-refractivity contribution in [3.63, 3.8) is 0 Å². The number of urea groups is 1. The van der Waals surface area contributed by atoms with Crippen molar-refractivity contribution < 1.29 is 49.6 Å². The molecule has 14 heteroatoms. The number of aliphatic hydroxyl groups is 6. The fourth-order valence-corrected chi connectivity index (χ4v) is 4.44. The Hall–Kier alpha value is -2.98. The van der Waals surface area contributed by atoms with Gasteiger partial charge in [0.2, 0.25) is 12.2 Å². The molecule has 2 aromatic rings. The molecule has 1 aromatic heterocycles. The number of aliphatic hydroxyl groups excluding tert-OH is 6. The van der Waals surface area contributed by atoms with Crippen molar-refractivity contribution in [3.8, 4) is 11.6 Å². The van der Waals surface area contributed by atoms with Crippen molar-refractivity contribution in [2.45, 2.75) is 82.7 Å². The normalized spacial score (nSPS) is 22.7. The van der Waals surface area contributed by atoms with Crippen molar-refractivity contribution in [1.82, 2.24) is 20.8 Å². The summed E-state index contributed by atoms with van der Waals surface area (Å²) >= 11 is 0. The van der Waals surface area contributed by atoms with E-state index in [1.54, 1.807) is 0 Å². The van der Waals surface area contributed by atoms with Crippen molar-refractivity contribution in [2.75, 3.05) is 33.0 Å². The highest BCUT2D eigenvalue weighted by Gasteiger charge is 2.45. The Kier molecular flexibility index (Phi) is 11.9. The molecular weight excluding hydrogens is 552 g/mol. The predicted octanol–water partition coefficient (Wildman–Crippen LogP) is -0.578. The van der Waals surface area contributed by atoms with Crippen molar-refractivity contribution >= 4 is 6.03 Å². The van der Waals surface area contributed by atoms with E-state index in [4.69, 9.17) is 14.2 Å². The molecule has 1 saturated heterocycles. The second kappa shape index (κ2) is 15.0. The highest BCUT2D eigenvalue weighted by atomic mass is 16.7. The smallest absolute Gasteiger partial charge is 0.315 e. The zero-order chi connectivity index (χ0) is 31.0. The highest BCUT2D eigenvalue weighted by Crippen LogP contribution is 2.32. The molecule has 0 spiro atoms. The Bertz CT molecular complexity index is 1150. The Morgan fingerprint density at radius 3 is 2.48 bits per heavy atom. The maximum Gasteiger partial charge on any atom is 0.315 e. The minimum absolute atomic E-state index is 0.0688. The third-order valence-electron chi connectivity index (χ3n) is 7.18. The molecule has 0 bridgehead atoms. The number of nitrogens with zero attached hydrogens (tertiary/aromatic N) is 1. The number of aryl methyl sites for hydroxylation is 1. The van der Waals surface area contributed by atoms with Crippen LogP contribution < -0.4 is 20.1 Å². The molecule has 9 N–H and O–H groups in total. The van der Waals surface area contributed by atoms with Crippen LogP contribution in [0.3, 0.4) is 0 Å². The molecule has 0 saturated carbocycles. The van der Waals surface area contributed by atoms with E-state index in [1.807, 2.05) is 39.0 Å². The number of benzene rings is 1. The van der Waals surface area contributed by atoms with Gasteiger partial charge in [0.25, 0.3) is 0 Å². The standard InChI is InChI=1S/C28H44N4O10/c1-15(2)21-19(25(32-31-21)42-26-24(38)23(37)22(36)20(12-33)41-26)11-17-6-7-18(10-16(17)3)40-9-5-8-29-27(39)30-28(4,13-34)14-35/h6-7,10,15,20,22-24,26,33-38H,5,8-9,11-14H2,1-4H3,(H,31,32)(H2,29,30,39)/t20-,22-,23+,24-,26+/m1/s1. The minimum atomic E-state index is -1.57. The average molecular weight is 597 g/mol. The Morgan fingerprint density at radius 2 is 1.86 bits per heavy atom. The summed E-state index contributed by atoms with van der Waals surface area (Å²) in [6.07, 6.45) is -6.10. The zero-order valence-corrected chi connectivity index (χ0v) is 24.4. The molecule has 1 fully saturated rings. The molecule has 0 radical (unpaired) electrons. The number of aromatic amines is 1. The number of carbonyl (C=O) groups is 1. The molecule has 5 atom stereocenters. The molecule has 0 aliphatic carbocycles. The third-order valence-corrected chi connectivity index (χ3v) is 7.18. The number of rotatable bonds is 14. The minimum Gasteiger partial charge on any atom is -0.494 e. The molecule has 1 aliphatic heterocycles. The Morgan fingerprint density at radius 1 is 1.14 bits per heavy atom. The van der Waals surface area contributed by atoms with Gasteiger partial charge in [0.1, 0.15) is 30.2 Å². The van der Waals surface area contributed by atoms with E-state index < -0.39 is 48.9 Å². The van der Waals surface area contributed by atoms with Crippen LogP contribution >= 0.6 is 0 Å². The van der Waals surface area contributed by atoms with E-state index in [-0.39, 0.29) is 25.0 Å². The maximum absolute atomic E-state index is 11.9. The summed E-state index contributed by atoms with van der Waals surface area (Å²) in [5, 5.41) is 71.1. The molecule has 42 heavy (non-hydrogen) atoms. The van der Waals surface area contributed by atoms with Crippen LogP contribution in [0.1, 0.15) is 55.5 Å². The van der Waals surface area contributed by atoms with Crippen LogP contribution in [0, 0.1) is 6.92 Å². The van der Waals surface area contributed by atoms with Gasteiger partial charge in [-0.15, -0.1) is 5.10 Å². The number of hydrogen-bond acceptors (Lipinski definition) is 11. The topological polar surface area (TPSA) is 219 Å². The van der Waals surface area contributed by atoms with Crippen molar-refractivity contribution in [1.29, 1.82) is 0 Å². The summed E-state index contributed by atoms with van der Waals surface area (Å²) in [5.41, 5.74) is 2.38. The molecule has 2 amide bonds. The molecule has 1 aromatic carbocycles. The first-order valence-corrected chi connectivity index (χ1v) is 14.0. The van der Waals surface area contributed by atoms with E-state index in [9.17, 15) is 35.4 Å². The number of aromatic nitrogens is 2. The monoisotopic (exact) mass is 596 g/mol. The number of carbonyl (C=O) groups excluding carboxylic acids is 1. The lowest BCUT2D eigenvalue weighted by atomic mass is 9.96. The van der Waals surface area contributed by atoms with E-state index >= 15 is 0 Å². The number of amides is 2. The van der Waals surface area contributed by atoms with Gasteiger partial charge in [0.15, 0.2) is 0 Å². The lowest BCUT2D eigenvalue weighted by Gasteiger charge is -2.39. The second-order valence-corrected chi connectivity index (χ2v) is 11.1. The number of H-pyrrole nitrogens is 1. The Labute approximate surface area is 244 Å². The fourth-order valence-electron chi connectivity index (χ4n) is 4.44. The summed E-state index contributed by atoms with van der Waals surface area (Å²) in [5.74, 6) is 0.903. The number of nitrogens with one attached hydrogen (secondary N) is 3. The maximum atomic E-state index is 11.9. The van der Waals surface area contributed by atoms with Crippen LogP contribution in [0.15, 0.2) is 18.2 Å². The zero-order valence-electron chi connectivity index (χ0n) is 24.4. The van der Waals surface area contributed by atoms with E-state index in [1.165, 1.54) is 6.92 Å². The summed E-state index contributed by atoms with van der Waals surface area (Å²) in [6.45, 7) is 6.82. The fraction of sp³-hybridized carbons (Fsp3) is 0.643. The van der Waals surface area contributed by atoms with E-state index in [0.717, 1.165) is 22.4 Å². The van der Waals surface area contributed by atoms with Crippen LogP contribution in [-0.4, -0.2) is 116 Å². The number of ether oxygens (including phenoxy) is 3. The molecule has 14 nitrogen and oxygen atoms in total. The first kappa shape index (κ1) is 33.5. The van der Waals surface area contributed by atoms with Gasteiger partial charge in [-0.2, -0.15) is 0 Å². The number of hydrogen-bond donors (Lipinski definition) is 9. The van der Waals surface area contributed by atoms with Gasteiger partial charge in [0.05, 0.1) is 32.0 Å². The SMILES string of the molecule is Cc1cc(OCCCNC(=O)NC(C)(CO)CO)ccc1Cc1c(O[C@@H]2O[C@H](CO)[C@@H](O)[C@H](O)[C@H]2O)n[nH]c1C(C)C. The van der Waals surface area contributed by atoms with Crippen LogP contribution in [0.25, 0.3) is 0 Å². The van der Waals surface area contributed by atoms with Crippen LogP contribution in [-0.2, 0) is 11.2 Å². The third kappa shape index (κ3) is 8.31. The summed E-state index contributed by atoms with van der Waals surface area (Å²) in [4.78, 5) is 11.9. The second-order valence-electron chi connectivity index (χ2n) is 11.1. The van der Waals surface area contributed by atoms with E-state index in [2.05, 4.69) is 20.8 Å². The predicted molar refractivity (Wildman–Crippen MR) is 150 cm³/mol. The Balaban J connectivity index is 1.61. The molecule has 2 heterocycles. The van der Waals surface area contributed by atoms with Crippen molar-refractivity contribution in [2.24, 2.45) is 0 Å². The van der Waals surface area contributed by atoms with Crippen LogP contribution in [0.2, 0.25) is 0 Å². The first-order valence-electron chi connectivity index (χ1n) is 14.0. The van der Waals surface area contributed by atoms with Crippen LogP contribution in [0.4, 0.5) is 4.79 Å². The quantitative estimate of drug-likeness (QED) is 0.126. The molecular formula is C28H44N4O10. The molecule has 236 valence electrons. The lowest BCUT2D eigenvalue weighted by molar-refractivity contribution is -0.278. The molecule has 1 aliphatic rings. The molecule has 3 rings (SSSR count). The lowest BCUT2D eigenvalue weighted by Crippen LogP contribution is -2.60. The van der Waals surface area contributed by atoms with Gasteiger partial charge in [-0.05, 0) is 49.4 Å². The largest absolute Gasteiger partial charge is 0.494 e.